The second kappa shape index (κ2) is 5.77. The zero-order valence-corrected chi connectivity index (χ0v) is 11.7. The van der Waals surface area contributed by atoms with Gasteiger partial charge in [-0.15, -0.1) is 0 Å². The summed E-state index contributed by atoms with van der Waals surface area (Å²) in [6, 6.07) is 9.51. The second-order valence-corrected chi connectivity index (χ2v) is 4.47. The first-order valence-electron chi connectivity index (χ1n) is 6.49. The van der Waals surface area contributed by atoms with Crippen molar-refractivity contribution < 1.29 is 23.1 Å². The molecule has 112 valence electrons. The molecule has 6 heteroatoms. The van der Waals surface area contributed by atoms with E-state index in [0.29, 0.717) is 28.2 Å². The summed E-state index contributed by atoms with van der Waals surface area (Å²) in [6.07, 6.45) is 1.50. The van der Waals surface area contributed by atoms with Crippen molar-refractivity contribution in [2.45, 2.75) is 0 Å². The van der Waals surface area contributed by atoms with Crippen LogP contribution in [0.5, 0.6) is 5.75 Å². The highest BCUT2D eigenvalue weighted by Gasteiger charge is 2.10. The summed E-state index contributed by atoms with van der Waals surface area (Å²) >= 11 is 0. The maximum Gasteiger partial charge on any atom is 0.343 e. The third-order valence-corrected chi connectivity index (χ3v) is 3.05. The number of benzene rings is 1. The molecule has 0 N–H and O–H groups in total. The van der Waals surface area contributed by atoms with Crippen molar-refractivity contribution >= 4 is 16.9 Å². The van der Waals surface area contributed by atoms with E-state index in [1.54, 1.807) is 24.3 Å². The van der Waals surface area contributed by atoms with Gasteiger partial charge in [-0.25, -0.2) is 4.79 Å². The molecule has 3 aromatic rings. The van der Waals surface area contributed by atoms with Gasteiger partial charge in [-0.3, -0.25) is 4.79 Å². The highest BCUT2D eigenvalue weighted by molar-refractivity contribution is 5.80. The van der Waals surface area contributed by atoms with Crippen LogP contribution in [0.4, 0.5) is 0 Å². The Balaban J connectivity index is 1.96. The molecule has 0 spiro atoms. The van der Waals surface area contributed by atoms with Crippen molar-refractivity contribution in [3.05, 3.63) is 52.9 Å². The number of rotatable bonds is 4. The molecule has 0 fully saturated rings. The second-order valence-electron chi connectivity index (χ2n) is 4.47. The maximum absolute atomic E-state index is 12.2. The summed E-state index contributed by atoms with van der Waals surface area (Å²) in [7, 11) is 1.27. The predicted octanol–water partition coefficient (Wildman–Crippen LogP) is 2.60. The zero-order valence-electron chi connectivity index (χ0n) is 11.7. The van der Waals surface area contributed by atoms with Gasteiger partial charge in [0, 0.05) is 6.07 Å². The van der Waals surface area contributed by atoms with Gasteiger partial charge >= 0.3 is 5.97 Å². The van der Waals surface area contributed by atoms with Crippen LogP contribution in [-0.4, -0.2) is 19.7 Å². The van der Waals surface area contributed by atoms with Crippen LogP contribution in [0.2, 0.25) is 0 Å². The first-order chi connectivity index (χ1) is 10.7. The predicted molar refractivity (Wildman–Crippen MR) is 77.7 cm³/mol. The van der Waals surface area contributed by atoms with Crippen LogP contribution < -0.4 is 10.2 Å². The standard InChI is InChI=1S/C16H12O6/c1-19-16(18)9-21-10-4-5-13-11(7-10)12(17)8-15(22-13)14-3-2-6-20-14/h2-8H,9H2,1H3. The summed E-state index contributed by atoms with van der Waals surface area (Å²) in [5.41, 5.74) is 0.181. The Kier molecular flexibility index (Phi) is 3.65. The molecule has 0 bridgehead atoms. The number of esters is 1. The molecule has 0 aliphatic rings. The number of hydrogen-bond donors (Lipinski definition) is 0. The highest BCUT2D eigenvalue weighted by atomic mass is 16.6. The molecule has 0 aliphatic carbocycles. The number of carbonyl (C=O) groups is 1. The van der Waals surface area contributed by atoms with Crippen molar-refractivity contribution in [1.29, 1.82) is 0 Å². The summed E-state index contributed by atoms with van der Waals surface area (Å²) in [5.74, 6) is 0.715. The van der Waals surface area contributed by atoms with Crippen LogP contribution in [0, 0.1) is 0 Å². The molecule has 0 saturated carbocycles. The largest absolute Gasteiger partial charge is 0.482 e. The molecule has 22 heavy (non-hydrogen) atoms. The van der Waals surface area contributed by atoms with Crippen LogP contribution in [0.15, 0.2) is 56.3 Å². The number of hydrogen-bond acceptors (Lipinski definition) is 6. The monoisotopic (exact) mass is 300 g/mol. The van der Waals surface area contributed by atoms with Gasteiger partial charge in [-0.1, -0.05) is 0 Å². The quantitative estimate of drug-likeness (QED) is 0.689. The molecule has 2 heterocycles. The summed E-state index contributed by atoms with van der Waals surface area (Å²) in [5, 5.41) is 0.359. The van der Waals surface area contributed by atoms with Gasteiger partial charge in [0.25, 0.3) is 0 Å². The van der Waals surface area contributed by atoms with Crippen LogP contribution in [0.3, 0.4) is 0 Å². The van der Waals surface area contributed by atoms with Crippen molar-refractivity contribution in [2.24, 2.45) is 0 Å². The van der Waals surface area contributed by atoms with Gasteiger partial charge in [-0.05, 0) is 30.3 Å². The van der Waals surface area contributed by atoms with E-state index in [-0.39, 0.29) is 12.0 Å². The van der Waals surface area contributed by atoms with E-state index < -0.39 is 5.97 Å². The van der Waals surface area contributed by atoms with Crippen molar-refractivity contribution in [2.75, 3.05) is 13.7 Å². The van der Waals surface area contributed by atoms with E-state index >= 15 is 0 Å². The fraction of sp³-hybridized carbons (Fsp3) is 0.125. The third kappa shape index (κ3) is 2.71. The van der Waals surface area contributed by atoms with Gasteiger partial charge in [0.05, 0.1) is 18.8 Å². The van der Waals surface area contributed by atoms with Crippen LogP contribution >= 0.6 is 0 Å². The molecule has 1 aromatic carbocycles. The third-order valence-electron chi connectivity index (χ3n) is 3.05. The Morgan fingerprint density at radius 2 is 2.05 bits per heavy atom. The first-order valence-corrected chi connectivity index (χ1v) is 6.49. The van der Waals surface area contributed by atoms with Gasteiger partial charge in [-0.2, -0.15) is 0 Å². The van der Waals surface area contributed by atoms with Crippen molar-refractivity contribution in [3.8, 4) is 17.3 Å². The normalized spacial score (nSPS) is 10.6. The minimum atomic E-state index is -0.500. The molecule has 2 aromatic heterocycles. The Bertz CT molecular complexity index is 860. The highest BCUT2D eigenvalue weighted by Crippen LogP contribution is 2.24. The van der Waals surface area contributed by atoms with Gasteiger partial charge in [0.15, 0.2) is 23.6 Å². The lowest BCUT2D eigenvalue weighted by molar-refractivity contribution is -0.142. The Morgan fingerprint density at radius 3 is 2.77 bits per heavy atom. The molecular weight excluding hydrogens is 288 g/mol. The lowest BCUT2D eigenvalue weighted by atomic mass is 10.2. The minimum absolute atomic E-state index is 0.224. The Labute approximate surface area is 124 Å². The molecule has 6 nitrogen and oxygen atoms in total. The summed E-state index contributed by atoms with van der Waals surface area (Å²) in [6.45, 7) is -0.224. The molecule has 0 atom stereocenters. The first kappa shape index (κ1) is 13.9. The number of furan rings is 1. The van der Waals surface area contributed by atoms with Crippen LogP contribution in [0.1, 0.15) is 0 Å². The molecule has 3 rings (SSSR count). The van der Waals surface area contributed by atoms with Crippen LogP contribution in [0.25, 0.3) is 22.5 Å². The lowest BCUT2D eigenvalue weighted by Crippen LogP contribution is -2.12. The van der Waals surface area contributed by atoms with Gasteiger partial charge < -0.3 is 18.3 Å². The summed E-state index contributed by atoms with van der Waals surface area (Å²) < 4.78 is 20.6. The lowest BCUT2D eigenvalue weighted by Gasteiger charge is -2.06. The minimum Gasteiger partial charge on any atom is -0.482 e. The average molecular weight is 300 g/mol. The van der Waals surface area contributed by atoms with E-state index in [1.165, 1.54) is 25.5 Å². The number of ether oxygens (including phenoxy) is 2. The van der Waals surface area contributed by atoms with E-state index in [0.717, 1.165) is 0 Å². The van der Waals surface area contributed by atoms with E-state index in [4.69, 9.17) is 13.6 Å². The van der Waals surface area contributed by atoms with Gasteiger partial charge in [0.1, 0.15) is 11.3 Å². The number of carbonyl (C=O) groups excluding carboxylic acids is 1. The summed E-state index contributed by atoms with van der Waals surface area (Å²) in [4.78, 5) is 23.2. The number of fused-ring (bicyclic) bond motifs is 1. The maximum atomic E-state index is 12.2. The Hall–Kier alpha value is -3.02. The van der Waals surface area contributed by atoms with E-state index in [1.807, 2.05) is 0 Å². The molecular formula is C16H12O6. The fourth-order valence-electron chi connectivity index (χ4n) is 1.97. The van der Waals surface area contributed by atoms with Crippen molar-refractivity contribution in [1.82, 2.24) is 0 Å². The fourth-order valence-corrected chi connectivity index (χ4v) is 1.97. The smallest absolute Gasteiger partial charge is 0.343 e. The molecule has 0 unspecified atom stereocenters. The molecule has 0 aliphatic heterocycles. The SMILES string of the molecule is COC(=O)COc1ccc2oc(-c3ccco3)cc(=O)c2c1. The topological polar surface area (TPSA) is 78.9 Å². The molecule has 0 radical (unpaired) electrons. The van der Waals surface area contributed by atoms with E-state index in [2.05, 4.69) is 4.74 Å². The van der Waals surface area contributed by atoms with E-state index in [9.17, 15) is 9.59 Å². The van der Waals surface area contributed by atoms with Crippen molar-refractivity contribution in [3.63, 3.8) is 0 Å². The average Bonchev–Trinajstić information content (AvgIpc) is 3.07. The molecule has 0 saturated heterocycles. The zero-order chi connectivity index (χ0) is 15.5. The molecule has 0 amide bonds. The van der Waals surface area contributed by atoms with Gasteiger partial charge in [0.2, 0.25) is 0 Å². The van der Waals surface area contributed by atoms with Crippen LogP contribution in [-0.2, 0) is 9.53 Å². The Morgan fingerprint density at radius 1 is 1.18 bits per heavy atom. The number of methoxy groups -OCH3 is 1.